The maximum Gasteiger partial charge on any atom is 0.159 e. The van der Waals surface area contributed by atoms with Gasteiger partial charge in [-0.05, 0) is 48.9 Å². The van der Waals surface area contributed by atoms with Crippen LogP contribution in [0.15, 0.2) is 48.5 Å². The van der Waals surface area contributed by atoms with E-state index in [1.165, 1.54) is 0 Å². The van der Waals surface area contributed by atoms with E-state index in [9.17, 15) is 4.79 Å². The van der Waals surface area contributed by atoms with Gasteiger partial charge in [0.05, 0.1) is 0 Å². The Labute approximate surface area is 148 Å². The van der Waals surface area contributed by atoms with Gasteiger partial charge in [-0.2, -0.15) is 0 Å². The van der Waals surface area contributed by atoms with Crippen LogP contribution in [-0.2, 0) is 4.74 Å². The van der Waals surface area contributed by atoms with Crippen LogP contribution >= 0.6 is 0 Å². The topological polar surface area (TPSA) is 50.8 Å². The minimum absolute atomic E-state index is 0.00833. The molecule has 3 rings (SSSR count). The monoisotopic (exact) mass is 340 g/mol. The molecule has 1 heterocycles. The molecule has 1 aliphatic rings. The van der Waals surface area contributed by atoms with Gasteiger partial charge in [-0.3, -0.25) is 10.1 Å². The highest BCUT2D eigenvalue weighted by Gasteiger charge is 2.26. The first-order valence-electron chi connectivity index (χ1n) is 8.43. The lowest BCUT2D eigenvalue weighted by Gasteiger charge is -2.16. The van der Waals surface area contributed by atoms with Crippen LogP contribution in [0.5, 0.6) is 5.75 Å². The number of ether oxygens (including phenoxy) is 2. The Morgan fingerprint density at radius 3 is 2.44 bits per heavy atom. The molecule has 1 aliphatic heterocycles. The summed E-state index contributed by atoms with van der Waals surface area (Å²) in [4.78, 5) is 13.4. The zero-order chi connectivity index (χ0) is 17.8. The summed E-state index contributed by atoms with van der Waals surface area (Å²) >= 11 is 0. The molecule has 5 nitrogen and oxygen atoms in total. The Morgan fingerprint density at radius 2 is 1.84 bits per heavy atom. The summed E-state index contributed by atoms with van der Waals surface area (Å²) in [6, 6.07) is 15.5. The lowest BCUT2D eigenvalue weighted by Crippen LogP contribution is -2.21. The average Bonchev–Trinajstić information content (AvgIpc) is 3.09. The quantitative estimate of drug-likeness (QED) is 0.819. The van der Waals surface area contributed by atoms with E-state index >= 15 is 0 Å². The Hall–Kier alpha value is -2.37. The van der Waals surface area contributed by atoms with Gasteiger partial charge in [-0.25, -0.2) is 0 Å². The van der Waals surface area contributed by atoms with Crippen molar-refractivity contribution >= 4 is 11.5 Å². The van der Waals surface area contributed by atoms with Crippen molar-refractivity contribution in [2.45, 2.75) is 19.3 Å². The van der Waals surface area contributed by atoms with Gasteiger partial charge in [0.2, 0.25) is 0 Å². The molecule has 0 bridgehead atoms. The third kappa shape index (κ3) is 4.38. The number of Topliss-reactive ketones (excluding diaryl/α,β-unsaturated/α-hetero) is 1. The van der Waals surface area contributed by atoms with Gasteiger partial charge in [-0.15, -0.1) is 0 Å². The number of rotatable bonds is 6. The van der Waals surface area contributed by atoms with Crippen LogP contribution in [0, 0.1) is 0 Å². The van der Waals surface area contributed by atoms with Gasteiger partial charge in [0.1, 0.15) is 24.7 Å². The van der Waals surface area contributed by atoms with E-state index in [1.54, 1.807) is 19.1 Å². The van der Waals surface area contributed by atoms with E-state index < -0.39 is 0 Å². The molecule has 1 N–H and O–H groups in total. The summed E-state index contributed by atoms with van der Waals surface area (Å²) in [6.45, 7) is 2.77. The van der Waals surface area contributed by atoms with Crippen molar-refractivity contribution in [3.63, 3.8) is 0 Å². The predicted molar refractivity (Wildman–Crippen MR) is 98.3 cm³/mol. The van der Waals surface area contributed by atoms with Crippen molar-refractivity contribution in [3.05, 3.63) is 59.7 Å². The molecule has 1 saturated heterocycles. The zero-order valence-corrected chi connectivity index (χ0v) is 14.9. The molecule has 0 radical (unpaired) electrons. The number of hydrogen-bond donors (Lipinski definition) is 1. The smallest absolute Gasteiger partial charge is 0.159 e. The highest BCUT2D eigenvalue weighted by atomic mass is 16.6. The van der Waals surface area contributed by atoms with E-state index in [-0.39, 0.29) is 18.1 Å². The first-order chi connectivity index (χ1) is 12.0. The Morgan fingerprint density at radius 1 is 1.16 bits per heavy atom. The molecule has 25 heavy (non-hydrogen) atoms. The maximum atomic E-state index is 11.3. The maximum absolute atomic E-state index is 11.3. The molecule has 0 spiro atoms. The fourth-order valence-corrected chi connectivity index (χ4v) is 2.74. The van der Waals surface area contributed by atoms with Crippen molar-refractivity contribution < 1.29 is 14.3 Å². The summed E-state index contributed by atoms with van der Waals surface area (Å²) in [7, 11) is 4.05. The molecule has 132 valence electrons. The van der Waals surface area contributed by atoms with Gasteiger partial charge >= 0.3 is 0 Å². The van der Waals surface area contributed by atoms with E-state index in [2.05, 4.69) is 34.5 Å². The Kier molecular flexibility index (Phi) is 5.36. The van der Waals surface area contributed by atoms with Gasteiger partial charge < -0.3 is 14.4 Å². The minimum atomic E-state index is -0.107. The van der Waals surface area contributed by atoms with Crippen LogP contribution < -0.4 is 15.0 Å². The summed E-state index contributed by atoms with van der Waals surface area (Å²) in [5.74, 6) is 0.797. The number of ketones is 1. The van der Waals surface area contributed by atoms with E-state index in [4.69, 9.17) is 9.47 Å². The van der Waals surface area contributed by atoms with E-state index in [1.807, 2.05) is 26.2 Å². The zero-order valence-electron chi connectivity index (χ0n) is 14.9. The molecule has 5 heteroatoms. The largest absolute Gasteiger partial charge is 0.491 e. The second-order valence-electron chi connectivity index (χ2n) is 6.42. The fourth-order valence-electron chi connectivity index (χ4n) is 2.74. The second-order valence-corrected chi connectivity index (χ2v) is 6.42. The number of benzene rings is 2. The summed E-state index contributed by atoms with van der Waals surface area (Å²) in [5.41, 5.74) is 2.96. The normalized spacial score (nSPS) is 19.6. The molecule has 0 saturated carbocycles. The second kappa shape index (κ2) is 7.68. The van der Waals surface area contributed by atoms with Gasteiger partial charge in [0.25, 0.3) is 0 Å². The molecule has 0 unspecified atom stereocenters. The van der Waals surface area contributed by atoms with E-state index in [0.717, 1.165) is 23.5 Å². The van der Waals surface area contributed by atoms with Crippen molar-refractivity contribution in [1.82, 2.24) is 5.32 Å². The van der Waals surface area contributed by atoms with Crippen LogP contribution in [0.2, 0.25) is 0 Å². The van der Waals surface area contributed by atoms with Crippen LogP contribution in [-0.4, -0.2) is 39.1 Å². The van der Waals surface area contributed by atoms with Crippen molar-refractivity contribution in [3.8, 4) is 5.75 Å². The lowest BCUT2D eigenvalue weighted by molar-refractivity contribution is 0.0159. The highest BCUT2D eigenvalue weighted by Crippen LogP contribution is 2.24. The third-order valence-electron chi connectivity index (χ3n) is 4.27. The summed E-state index contributed by atoms with van der Waals surface area (Å²) in [5, 5.41) is 3.37. The summed E-state index contributed by atoms with van der Waals surface area (Å²) in [6.07, 6.45) is -0.115. The Bertz CT molecular complexity index is 711. The van der Waals surface area contributed by atoms with Crippen LogP contribution in [0.3, 0.4) is 0 Å². The minimum Gasteiger partial charge on any atom is -0.491 e. The standard InChI is InChI=1S/C20H24N2O3/c1-14(23)15-6-10-18(11-7-15)24-13-19-12-21-20(25-19)16-4-8-17(9-5-16)22(2)3/h4-11,19-21H,12-13H2,1-3H3/t19-,20-/m1/s1. The first-order valence-corrected chi connectivity index (χ1v) is 8.43. The molecule has 0 amide bonds. The molecule has 0 aromatic heterocycles. The van der Waals surface area contributed by atoms with Crippen molar-refractivity contribution in [2.75, 3.05) is 32.1 Å². The highest BCUT2D eigenvalue weighted by molar-refractivity contribution is 5.94. The molecular weight excluding hydrogens is 316 g/mol. The van der Waals surface area contributed by atoms with Gasteiger partial charge in [-0.1, -0.05) is 12.1 Å². The number of carbonyl (C=O) groups excluding carboxylic acids is 1. The SMILES string of the molecule is CC(=O)c1ccc(OC[C@H]2CN[C@@H](c3ccc(N(C)C)cc3)O2)cc1. The number of nitrogens with one attached hydrogen (secondary N) is 1. The lowest BCUT2D eigenvalue weighted by atomic mass is 10.1. The number of anilines is 1. The number of carbonyl (C=O) groups is 1. The molecule has 2 atom stereocenters. The van der Waals surface area contributed by atoms with Crippen molar-refractivity contribution in [2.24, 2.45) is 0 Å². The van der Waals surface area contributed by atoms with Crippen LogP contribution in [0.4, 0.5) is 5.69 Å². The number of hydrogen-bond acceptors (Lipinski definition) is 5. The van der Waals surface area contributed by atoms with Gasteiger partial charge in [0, 0.05) is 31.9 Å². The van der Waals surface area contributed by atoms with Gasteiger partial charge in [0.15, 0.2) is 5.78 Å². The van der Waals surface area contributed by atoms with E-state index in [0.29, 0.717) is 12.2 Å². The fraction of sp³-hybridized carbons (Fsp3) is 0.350. The molecular formula is C20H24N2O3. The molecule has 1 fully saturated rings. The predicted octanol–water partition coefficient (Wildman–Crippen LogP) is 3.02. The first kappa shape index (κ1) is 17.5. The molecule has 2 aromatic carbocycles. The van der Waals surface area contributed by atoms with Crippen LogP contribution in [0.25, 0.3) is 0 Å². The molecule has 2 aromatic rings. The van der Waals surface area contributed by atoms with Crippen LogP contribution in [0.1, 0.15) is 29.1 Å². The molecule has 0 aliphatic carbocycles. The average molecular weight is 340 g/mol. The number of nitrogens with zero attached hydrogens (tertiary/aromatic N) is 1. The Balaban J connectivity index is 1.51. The summed E-state index contributed by atoms with van der Waals surface area (Å²) < 4.78 is 11.8. The third-order valence-corrected chi connectivity index (χ3v) is 4.27. The van der Waals surface area contributed by atoms with Crippen molar-refractivity contribution in [1.29, 1.82) is 0 Å².